The van der Waals surface area contributed by atoms with Crippen molar-refractivity contribution in [2.75, 3.05) is 0 Å². The predicted molar refractivity (Wildman–Crippen MR) is 43.6 cm³/mol. The maximum atomic E-state index is 5.90. The van der Waals surface area contributed by atoms with Crippen molar-refractivity contribution in [2.45, 2.75) is 44.7 Å². The van der Waals surface area contributed by atoms with Gasteiger partial charge in [-0.2, -0.15) is 0 Å². The van der Waals surface area contributed by atoms with Gasteiger partial charge in [-0.15, -0.1) is 0 Å². The van der Waals surface area contributed by atoms with Gasteiger partial charge in [-0.3, -0.25) is 0 Å². The van der Waals surface area contributed by atoms with Crippen LogP contribution in [0.2, 0.25) is 0 Å². The van der Waals surface area contributed by atoms with Gasteiger partial charge in [0, 0.05) is 12.1 Å². The molecule has 60 valence electrons. The Morgan fingerprint density at radius 2 is 1.90 bits per heavy atom. The predicted octanol–water partition coefficient (Wildman–Crippen LogP) is 0.851. The van der Waals surface area contributed by atoms with Gasteiger partial charge in [0.05, 0.1) is 0 Å². The molecule has 1 aliphatic carbocycles. The summed E-state index contributed by atoms with van der Waals surface area (Å²) in [6.07, 6.45) is 5.02. The molecule has 0 heterocycles. The monoisotopic (exact) mass is 142 g/mol. The van der Waals surface area contributed by atoms with Gasteiger partial charge in [0.1, 0.15) is 0 Å². The molecule has 1 saturated carbocycles. The van der Waals surface area contributed by atoms with Gasteiger partial charge in [0.15, 0.2) is 0 Å². The normalized spacial score (nSPS) is 37.5. The van der Waals surface area contributed by atoms with Crippen LogP contribution in [0.3, 0.4) is 0 Å². The van der Waals surface area contributed by atoms with Crippen LogP contribution in [-0.4, -0.2) is 12.1 Å². The van der Waals surface area contributed by atoms with Crippen molar-refractivity contribution in [1.82, 2.24) is 0 Å². The van der Waals surface area contributed by atoms with Gasteiger partial charge >= 0.3 is 0 Å². The standard InChI is InChI=1S/C8H18N2/c1-6(9)7-4-2-3-5-8(7)10/h6-8H,2-5,9-10H2,1H3. The Bertz CT molecular complexity index is 101. The van der Waals surface area contributed by atoms with E-state index in [0.717, 1.165) is 0 Å². The summed E-state index contributed by atoms with van der Waals surface area (Å²) in [5.74, 6) is 0.578. The molecular formula is C8H18N2. The second-order valence-corrected chi connectivity index (χ2v) is 3.47. The Balaban J connectivity index is 2.40. The fourth-order valence-electron chi connectivity index (χ4n) is 1.84. The molecule has 1 rings (SSSR count). The minimum atomic E-state index is 0.287. The first-order valence-corrected chi connectivity index (χ1v) is 4.23. The summed E-state index contributed by atoms with van der Waals surface area (Å²) in [7, 11) is 0. The van der Waals surface area contributed by atoms with Crippen molar-refractivity contribution >= 4 is 0 Å². The maximum Gasteiger partial charge on any atom is 0.00818 e. The van der Waals surface area contributed by atoms with Crippen LogP contribution in [0.25, 0.3) is 0 Å². The molecule has 10 heavy (non-hydrogen) atoms. The molecule has 0 aromatic rings. The third kappa shape index (κ3) is 1.70. The maximum absolute atomic E-state index is 5.90. The molecule has 4 N–H and O–H groups in total. The average Bonchev–Trinajstić information content (AvgIpc) is 1.88. The molecule has 3 unspecified atom stereocenters. The van der Waals surface area contributed by atoms with Crippen LogP contribution < -0.4 is 11.5 Å². The van der Waals surface area contributed by atoms with E-state index in [1.165, 1.54) is 25.7 Å². The SMILES string of the molecule is CC(N)C1CCCCC1N. The van der Waals surface area contributed by atoms with E-state index in [2.05, 4.69) is 6.92 Å². The highest BCUT2D eigenvalue weighted by Crippen LogP contribution is 2.24. The third-order valence-corrected chi connectivity index (χ3v) is 2.55. The Morgan fingerprint density at radius 1 is 1.30 bits per heavy atom. The molecule has 0 aliphatic heterocycles. The first-order valence-electron chi connectivity index (χ1n) is 4.23. The van der Waals surface area contributed by atoms with E-state index in [1.54, 1.807) is 0 Å². The highest BCUT2D eigenvalue weighted by atomic mass is 14.7. The molecule has 0 radical (unpaired) electrons. The van der Waals surface area contributed by atoms with E-state index in [0.29, 0.717) is 12.0 Å². The first kappa shape index (κ1) is 8.02. The van der Waals surface area contributed by atoms with E-state index in [4.69, 9.17) is 11.5 Å². The van der Waals surface area contributed by atoms with Crippen LogP contribution in [0, 0.1) is 5.92 Å². The lowest BCUT2D eigenvalue weighted by molar-refractivity contribution is 0.273. The van der Waals surface area contributed by atoms with Crippen LogP contribution >= 0.6 is 0 Å². The lowest BCUT2D eigenvalue weighted by Crippen LogP contribution is -2.42. The molecule has 2 nitrogen and oxygen atoms in total. The number of nitrogens with two attached hydrogens (primary N) is 2. The van der Waals surface area contributed by atoms with Crippen LogP contribution in [0.1, 0.15) is 32.6 Å². The molecule has 0 bridgehead atoms. The fraction of sp³-hybridized carbons (Fsp3) is 1.00. The summed E-state index contributed by atoms with van der Waals surface area (Å²) >= 11 is 0. The van der Waals surface area contributed by atoms with Gasteiger partial charge < -0.3 is 11.5 Å². The molecule has 3 atom stereocenters. The minimum absolute atomic E-state index is 0.287. The van der Waals surface area contributed by atoms with Gasteiger partial charge in [-0.1, -0.05) is 12.8 Å². The van der Waals surface area contributed by atoms with Gasteiger partial charge in [-0.05, 0) is 25.7 Å². The fourth-order valence-corrected chi connectivity index (χ4v) is 1.84. The van der Waals surface area contributed by atoms with E-state index >= 15 is 0 Å². The Labute approximate surface area is 63.0 Å². The molecule has 0 aromatic carbocycles. The molecule has 0 aromatic heterocycles. The van der Waals surface area contributed by atoms with Gasteiger partial charge in [-0.25, -0.2) is 0 Å². The Morgan fingerprint density at radius 3 is 2.30 bits per heavy atom. The molecule has 1 fully saturated rings. The van der Waals surface area contributed by atoms with Crippen LogP contribution in [0.4, 0.5) is 0 Å². The smallest absolute Gasteiger partial charge is 0.00818 e. The summed E-state index contributed by atoms with van der Waals surface area (Å²) in [5.41, 5.74) is 11.7. The van der Waals surface area contributed by atoms with E-state index < -0.39 is 0 Å². The van der Waals surface area contributed by atoms with E-state index in [1.807, 2.05) is 0 Å². The lowest BCUT2D eigenvalue weighted by atomic mass is 9.81. The second kappa shape index (κ2) is 3.35. The Hall–Kier alpha value is -0.0800. The number of hydrogen-bond acceptors (Lipinski definition) is 2. The molecule has 0 amide bonds. The number of rotatable bonds is 1. The summed E-state index contributed by atoms with van der Waals surface area (Å²) in [5, 5.41) is 0. The van der Waals surface area contributed by atoms with Crippen molar-refractivity contribution < 1.29 is 0 Å². The average molecular weight is 142 g/mol. The zero-order valence-electron chi connectivity index (χ0n) is 6.72. The summed E-state index contributed by atoms with van der Waals surface area (Å²) in [6.45, 7) is 2.07. The zero-order valence-corrected chi connectivity index (χ0v) is 6.72. The highest BCUT2D eigenvalue weighted by Gasteiger charge is 2.24. The molecular weight excluding hydrogens is 124 g/mol. The molecule has 0 saturated heterocycles. The van der Waals surface area contributed by atoms with Crippen LogP contribution in [0.5, 0.6) is 0 Å². The van der Waals surface area contributed by atoms with E-state index in [-0.39, 0.29) is 6.04 Å². The molecule has 2 heteroatoms. The highest BCUT2D eigenvalue weighted by molar-refractivity contribution is 4.82. The van der Waals surface area contributed by atoms with Crippen LogP contribution in [0.15, 0.2) is 0 Å². The lowest BCUT2D eigenvalue weighted by Gasteiger charge is -2.31. The number of hydrogen-bond donors (Lipinski definition) is 2. The largest absolute Gasteiger partial charge is 0.328 e. The second-order valence-electron chi connectivity index (χ2n) is 3.47. The quantitative estimate of drug-likeness (QED) is 0.570. The van der Waals surface area contributed by atoms with Crippen molar-refractivity contribution in [3.63, 3.8) is 0 Å². The van der Waals surface area contributed by atoms with Crippen molar-refractivity contribution in [3.05, 3.63) is 0 Å². The van der Waals surface area contributed by atoms with Gasteiger partial charge in [0.2, 0.25) is 0 Å². The third-order valence-electron chi connectivity index (χ3n) is 2.55. The zero-order chi connectivity index (χ0) is 7.56. The molecule has 1 aliphatic rings. The molecule has 0 spiro atoms. The van der Waals surface area contributed by atoms with Crippen LogP contribution in [-0.2, 0) is 0 Å². The first-order chi connectivity index (χ1) is 4.72. The summed E-state index contributed by atoms with van der Waals surface area (Å²) < 4.78 is 0. The van der Waals surface area contributed by atoms with E-state index in [9.17, 15) is 0 Å². The Kier molecular flexibility index (Phi) is 2.69. The van der Waals surface area contributed by atoms with Gasteiger partial charge in [0.25, 0.3) is 0 Å². The summed E-state index contributed by atoms with van der Waals surface area (Å²) in [6, 6.07) is 0.657. The topological polar surface area (TPSA) is 52.0 Å². The van der Waals surface area contributed by atoms with Crippen molar-refractivity contribution in [1.29, 1.82) is 0 Å². The minimum Gasteiger partial charge on any atom is -0.328 e. The summed E-state index contributed by atoms with van der Waals surface area (Å²) in [4.78, 5) is 0. The van der Waals surface area contributed by atoms with Crippen molar-refractivity contribution in [3.8, 4) is 0 Å². The van der Waals surface area contributed by atoms with Crippen molar-refractivity contribution in [2.24, 2.45) is 17.4 Å².